The summed E-state index contributed by atoms with van der Waals surface area (Å²) in [5.74, 6) is 1.75. The average Bonchev–Trinajstić information content (AvgIpc) is 2.82. The van der Waals surface area contributed by atoms with Crippen LogP contribution in [0.1, 0.15) is 26.7 Å². The van der Waals surface area contributed by atoms with Crippen molar-refractivity contribution in [3.8, 4) is 0 Å². The standard InChI is InChI=1S/C10H21NO/c1-4-8(2)9-7-10(9)11(3)5-6-12/h8-10,12H,4-7H2,1-3H3. The van der Waals surface area contributed by atoms with Gasteiger partial charge in [0.15, 0.2) is 0 Å². The molecule has 72 valence electrons. The van der Waals surface area contributed by atoms with Crippen molar-refractivity contribution < 1.29 is 5.11 Å². The molecule has 1 aliphatic rings. The van der Waals surface area contributed by atoms with Gasteiger partial charge in [-0.2, -0.15) is 0 Å². The number of likely N-dealkylation sites (N-methyl/N-ethyl adjacent to an activating group) is 1. The van der Waals surface area contributed by atoms with E-state index in [0.29, 0.717) is 6.61 Å². The zero-order valence-electron chi connectivity index (χ0n) is 8.45. The molecule has 12 heavy (non-hydrogen) atoms. The molecule has 1 saturated carbocycles. The molecule has 1 rings (SSSR count). The summed E-state index contributed by atoms with van der Waals surface area (Å²) in [6, 6.07) is 0.757. The van der Waals surface area contributed by atoms with Crippen molar-refractivity contribution >= 4 is 0 Å². The number of rotatable bonds is 5. The predicted molar refractivity (Wildman–Crippen MR) is 51.1 cm³/mol. The van der Waals surface area contributed by atoms with Crippen LogP contribution in [0.2, 0.25) is 0 Å². The minimum absolute atomic E-state index is 0.292. The fourth-order valence-corrected chi connectivity index (χ4v) is 1.94. The van der Waals surface area contributed by atoms with E-state index < -0.39 is 0 Å². The Morgan fingerprint density at radius 2 is 2.25 bits per heavy atom. The van der Waals surface area contributed by atoms with E-state index in [1.807, 2.05) is 0 Å². The van der Waals surface area contributed by atoms with Gasteiger partial charge >= 0.3 is 0 Å². The molecule has 0 aliphatic heterocycles. The molecule has 1 N–H and O–H groups in total. The first-order chi connectivity index (χ1) is 5.70. The van der Waals surface area contributed by atoms with E-state index in [1.165, 1.54) is 12.8 Å². The van der Waals surface area contributed by atoms with Crippen LogP contribution >= 0.6 is 0 Å². The quantitative estimate of drug-likeness (QED) is 0.675. The van der Waals surface area contributed by atoms with Crippen LogP contribution in [0, 0.1) is 11.8 Å². The highest BCUT2D eigenvalue weighted by atomic mass is 16.3. The molecule has 3 unspecified atom stereocenters. The number of nitrogens with zero attached hydrogens (tertiary/aromatic N) is 1. The smallest absolute Gasteiger partial charge is 0.0558 e. The van der Waals surface area contributed by atoms with E-state index in [0.717, 1.165) is 24.4 Å². The van der Waals surface area contributed by atoms with E-state index >= 15 is 0 Å². The molecule has 0 aromatic rings. The summed E-state index contributed by atoms with van der Waals surface area (Å²) < 4.78 is 0. The third-order valence-corrected chi connectivity index (χ3v) is 3.20. The van der Waals surface area contributed by atoms with Gasteiger partial charge in [0.1, 0.15) is 0 Å². The van der Waals surface area contributed by atoms with Crippen LogP contribution in [0.3, 0.4) is 0 Å². The van der Waals surface area contributed by atoms with Gasteiger partial charge in [-0.25, -0.2) is 0 Å². The third kappa shape index (κ3) is 2.20. The van der Waals surface area contributed by atoms with Gasteiger partial charge in [-0.1, -0.05) is 20.3 Å². The van der Waals surface area contributed by atoms with Gasteiger partial charge in [-0.15, -0.1) is 0 Å². The maximum atomic E-state index is 8.75. The molecule has 0 bridgehead atoms. The summed E-state index contributed by atoms with van der Waals surface area (Å²) in [7, 11) is 2.11. The Labute approximate surface area is 75.6 Å². The molecule has 3 atom stereocenters. The molecule has 0 saturated heterocycles. The SMILES string of the molecule is CCC(C)C1CC1N(C)CCO. The number of hydrogen-bond donors (Lipinski definition) is 1. The Bertz CT molecular complexity index is 138. The molecular formula is C10H21NO. The first-order valence-electron chi connectivity index (χ1n) is 5.01. The fraction of sp³-hybridized carbons (Fsp3) is 1.00. The van der Waals surface area contributed by atoms with E-state index in [2.05, 4.69) is 25.8 Å². The second-order valence-corrected chi connectivity index (χ2v) is 4.06. The van der Waals surface area contributed by atoms with E-state index in [4.69, 9.17) is 5.11 Å². The van der Waals surface area contributed by atoms with E-state index in [-0.39, 0.29) is 0 Å². The fourth-order valence-electron chi connectivity index (χ4n) is 1.94. The van der Waals surface area contributed by atoms with Gasteiger partial charge in [-0.3, -0.25) is 0 Å². The Balaban J connectivity index is 2.22. The molecular weight excluding hydrogens is 150 g/mol. The first-order valence-corrected chi connectivity index (χ1v) is 5.01. The largest absolute Gasteiger partial charge is 0.395 e. The highest BCUT2D eigenvalue weighted by Crippen LogP contribution is 2.41. The Morgan fingerprint density at radius 1 is 1.58 bits per heavy atom. The van der Waals surface area contributed by atoms with Crippen molar-refractivity contribution in [1.29, 1.82) is 0 Å². The molecule has 2 heteroatoms. The van der Waals surface area contributed by atoms with Crippen LogP contribution in [0.15, 0.2) is 0 Å². The Morgan fingerprint density at radius 3 is 2.75 bits per heavy atom. The van der Waals surface area contributed by atoms with Gasteiger partial charge in [-0.05, 0) is 25.3 Å². The molecule has 2 nitrogen and oxygen atoms in total. The van der Waals surface area contributed by atoms with Crippen molar-refractivity contribution in [3.05, 3.63) is 0 Å². The lowest BCUT2D eigenvalue weighted by Crippen LogP contribution is -2.26. The van der Waals surface area contributed by atoms with Crippen LogP contribution in [-0.2, 0) is 0 Å². The lowest BCUT2D eigenvalue weighted by Gasteiger charge is -2.16. The molecule has 1 fully saturated rings. The average molecular weight is 171 g/mol. The monoisotopic (exact) mass is 171 g/mol. The first kappa shape index (κ1) is 10.0. The summed E-state index contributed by atoms with van der Waals surface area (Å²) in [6.07, 6.45) is 2.62. The van der Waals surface area contributed by atoms with Crippen molar-refractivity contribution in [2.45, 2.75) is 32.7 Å². The van der Waals surface area contributed by atoms with Gasteiger partial charge < -0.3 is 10.0 Å². The lowest BCUT2D eigenvalue weighted by molar-refractivity contribution is 0.205. The minimum atomic E-state index is 0.292. The highest BCUT2D eigenvalue weighted by Gasteiger charge is 2.42. The summed E-state index contributed by atoms with van der Waals surface area (Å²) in [5.41, 5.74) is 0. The molecule has 0 heterocycles. The van der Waals surface area contributed by atoms with E-state index in [1.54, 1.807) is 0 Å². The van der Waals surface area contributed by atoms with Crippen LogP contribution < -0.4 is 0 Å². The highest BCUT2D eigenvalue weighted by molar-refractivity contribution is 4.96. The van der Waals surface area contributed by atoms with Crippen LogP contribution in [0.25, 0.3) is 0 Å². The van der Waals surface area contributed by atoms with Gasteiger partial charge in [0.2, 0.25) is 0 Å². The van der Waals surface area contributed by atoms with Crippen molar-refractivity contribution in [3.63, 3.8) is 0 Å². The maximum absolute atomic E-state index is 8.75. The van der Waals surface area contributed by atoms with Crippen molar-refractivity contribution in [2.75, 3.05) is 20.2 Å². The Kier molecular flexibility index (Phi) is 3.53. The molecule has 0 aromatic carbocycles. The normalized spacial score (nSPS) is 30.8. The van der Waals surface area contributed by atoms with E-state index in [9.17, 15) is 0 Å². The third-order valence-electron chi connectivity index (χ3n) is 3.20. The zero-order chi connectivity index (χ0) is 9.14. The molecule has 1 aliphatic carbocycles. The van der Waals surface area contributed by atoms with Crippen molar-refractivity contribution in [2.24, 2.45) is 11.8 Å². The van der Waals surface area contributed by atoms with Crippen LogP contribution in [0.4, 0.5) is 0 Å². The van der Waals surface area contributed by atoms with Gasteiger partial charge in [0.25, 0.3) is 0 Å². The summed E-state index contributed by atoms with van der Waals surface area (Å²) >= 11 is 0. The summed E-state index contributed by atoms with van der Waals surface area (Å²) in [4.78, 5) is 2.29. The molecule has 0 aromatic heterocycles. The summed E-state index contributed by atoms with van der Waals surface area (Å²) in [5, 5.41) is 8.75. The second-order valence-electron chi connectivity index (χ2n) is 4.06. The number of hydrogen-bond acceptors (Lipinski definition) is 2. The van der Waals surface area contributed by atoms with Gasteiger partial charge in [0.05, 0.1) is 6.61 Å². The number of aliphatic hydroxyl groups excluding tert-OH is 1. The summed E-state index contributed by atoms with van der Waals surface area (Å²) in [6.45, 7) is 5.71. The maximum Gasteiger partial charge on any atom is 0.0558 e. The van der Waals surface area contributed by atoms with Crippen LogP contribution in [-0.4, -0.2) is 36.2 Å². The zero-order valence-corrected chi connectivity index (χ0v) is 8.45. The topological polar surface area (TPSA) is 23.5 Å². The molecule has 0 radical (unpaired) electrons. The number of aliphatic hydroxyl groups is 1. The predicted octanol–water partition coefficient (Wildman–Crippen LogP) is 1.35. The second kappa shape index (κ2) is 4.24. The minimum Gasteiger partial charge on any atom is -0.395 e. The molecule has 0 spiro atoms. The van der Waals surface area contributed by atoms with Crippen LogP contribution in [0.5, 0.6) is 0 Å². The Hall–Kier alpha value is -0.0800. The molecule has 0 amide bonds. The van der Waals surface area contributed by atoms with Gasteiger partial charge in [0, 0.05) is 12.6 Å². The van der Waals surface area contributed by atoms with Crippen molar-refractivity contribution in [1.82, 2.24) is 4.90 Å². The lowest BCUT2D eigenvalue weighted by atomic mass is 10.0.